The minimum atomic E-state index is -0.182. The number of H-pyrrole nitrogens is 1. The number of fused-ring (bicyclic) bond motifs is 1. The van der Waals surface area contributed by atoms with Gasteiger partial charge >= 0.3 is 0 Å². The van der Waals surface area contributed by atoms with Crippen molar-refractivity contribution in [3.8, 4) is 0 Å². The van der Waals surface area contributed by atoms with E-state index in [2.05, 4.69) is 24.1 Å². The Balaban J connectivity index is 1.86. The second kappa shape index (κ2) is 5.11. The molecule has 0 saturated heterocycles. The first kappa shape index (κ1) is 15.1. The number of carbonyl (C=O) groups is 1. The molecule has 1 amide bonds. The highest BCUT2D eigenvalue weighted by molar-refractivity contribution is 5.85. The van der Waals surface area contributed by atoms with Gasteiger partial charge in [0.1, 0.15) is 5.82 Å². The van der Waals surface area contributed by atoms with Crippen molar-refractivity contribution in [1.82, 2.24) is 10.3 Å². The summed E-state index contributed by atoms with van der Waals surface area (Å²) in [6, 6.07) is 3.82. The summed E-state index contributed by atoms with van der Waals surface area (Å²) in [5.41, 5.74) is 3.19. The number of aromatic amines is 1. The fourth-order valence-electron chi connectivity index (χ4n) is 2.91. The van der Waals surface area contributed by atoms with E-state index < -0.39 is 0 Å². The minimum absolute atomic E-state index is 0.0886. The molecule has 1 heterocycles. The van der Waals surface area contributed by atoms with Crippen molar-refractivity contribution in [2.24, 2.45) is 5.41 Å². The van der Waals surface area contributed by atoms with Crippen LogP contribution >= 0.6 is 0 Å². The summed E-state index contributed by atoms with van der Waals surface area (Å²) in [5, 5.41) is 3.54. The summed E-state index contributed by atoms with van der Waals surface area (Å²) in [4.78, 5) is 15.2. The zero-order valence-electron chi connectivity index (χ0n) is 13.6. The Labute approximate surface area is 130 Å². The Kier molecular flexibility index (Phi) is 3.50. The molecule has 1 saturated carbocycles. The predicted octanol–water partition coefficient (Wildman–Crippen LogP) is 4.16. The number of aromatic nitrogens is 1. The first-order valence-electron chi connectivity index (χ1n) is 7.91. The van der Waals surface area contributed by atoms with Crippen LogP contribution in [0.2, 0.25) is 0 Å². The maximum absolute atomic E-state index is 14.5. The number of amides is 1. The van der Waals surface area contributed by atoms with Gasteiger partial charge in [-0.25, -0.2) is 4.39 Å². The van der Waals surface area contributed by atoms with E-state index in [1.807, 2.05) is 19.9 Å². The van der Waals surface area contributed by atoms with E-state index in [9.17, 15) is 9.18 Å². The van der Waals surface area contributed by atoms with E-state index in [4.69, 9.17) is 0 Å². The third kappa shape index (κ3) is 2.51. The second-order valence-electron chi connectivity index (χ2n) is 7.06. The Bertz CT molecular complexity index is 741. The maximum atomic E-state index is 14.5. The molecule has 2 N–H and O–H groups in total. The van der Waals surface area contributed by atoms with Gasteiger partial charge < -0.3 is 10.3 Å². The first-order chi connectivity index (χ1) is 10.3. The van der Waals surface area contributed by atoms with Gasteiger partial charge in [0, 0.05) is 22.0 Å². The van der Waals surface area contributed by atoms with E-state index in [-0.39, 0.29) is 23.1 Å². The van der Waals surface area contributed by atoms with Crippen molar-refractivity contribution in [3.05, 3.63) is 34.8 Å². The van der Waals surface area contributed by atoms with Crippen LogP contribution in [0.4, 0.5) is 4.39 Å². The number of hydrogen-bond acceptors (Lipinski definition) is 1. The van der Waals surface area contributed by atoms with Crippen LogP contribution in [0.15, 0.2) is 12.1 Å². The molecule has 0 unspecified atom stereocenters. The Morgan fingerprint density at radius 2 is 2.09 bits per heavy atom. The number of halogens is 1. The fraction of sp³-hybridized carbons (Fsp3) is 0.500. The van der Waals surface area contributed by atoms with Crippen molar-refractivity contribution >= 4 is 16.8 Å². The number of rotatable bonds is 4. The van der Waals surface area contributed by atoms with Gasteiger partial charge in [-0.05, 0) is 48.9 Å². The summed E-state index contributed by atoms with van der Waals surface area (Å²) < 4.78 is 14.5. The molecule has 1 aromatic carbocycles. The smallest absolute Gasteiger partial charge is 0.226 e. The van der Waals surface area contributed by atoms with Crippen molar-refractivity contribution in [3.63, 3.8) is 0 Å². The van der Waals surface area contributed by atoms with Crippen LogP contribution in [0.1, 0.15) is 56.4 Å². The molecule has 0 atom stereocenters. The van der Waals surface area contributed by atoms with Crippen LogP contribution in [-0.2, 0) is 11.3 Å². The average molecular weight is 302 g/mol. The van der Waals surface area contributed by atoms with Gasteiger partial charge in [0.15, 0.2) is 0 Å². The van der Waals surface area contributed by atoms with Crippen molar-refractivity contribution in [2.75, 3.05) is 0 Å². The maximum Gasteiger partial charge on any atom is 0.226 e. The van der Waals surface area contributed by atoms with Crippen molar-refractivity contribution in [1.29, 1.82) is 0 Å². The van der Waals surface area contributed by atoms with E-state index >= 15 is 0 Å². The minimum Gasteiger partial charge on any atom is -0.357 e. The summed E-state index contributed by atoms with van der Waals surface area (Å²) in [6.07, 6.45) is 1.91. The van der Waals surface area contributed by atoms with Crippen LogP contribution < -0.4 is 5.32 Å². The van der Waals surface area contributed by atoms with Gasteiger partial charge in [0.25, 0.3) is 0 Å². The van der Waals surface area contributed by atoms with E-state index in [1.165, 1.54) is 0 Å². The monoisotopic (exact) mass is 302 g/mol. The van der Waals surface area contributed by atoms with Gasteiger partial charge in [-0.15, -0.1) is 0 Å². The summed E-state index contributed by atoms with van der Waals surface area (Å²) >= 11 is 0. The second-order valence-corrected chi connectivity index (χ2v) is 7.06. The molecule has 0 bridgehead atoms. The van der Waals surface area contributed by atoms with E-state index in [0.717, 1.165) is 29.6 Å². The lowest BCUT2D eigenvalue weighted by Gasteiger charge is -2.11. The molecule has 0 spiro atoms. The molecule has 3 nitrogen and oxygen atoms in total. The SMILES string of the molecule is Cc1c(C(C)C)cc2[nH]c(CNC(=O)C3(C)CC3)cc2c1F. The Morgan fingerprint density at radius 3 is 2.68 bits per heavy atom. The quantitative estimate of drug-likeness (QED) is 0.875. The summed E-state index contributed by atoms with van der Waals surface area (Å²) in [7, 11) is 0. The molecule has 118 valence electrons. The van der Waals surface area contributed by atoms with Crippen LogP contribution in [0.5, 0.6) is 0 Å². The van der Waals surface area contributed by atoms with Crippen molar-refractivity contribution in [2.45, 2.75) is 53.0 Å². The van der Waals surface area contributed by atoms with Crippen molar-refractivity contribution < 1.29 is 9.18 Å². The fourth-order valence-corrected chi connectivity index (χ4v) is 2.91. The van der Waals surface area contributed by atoms with E-state index in [0.29, 0.717) is 17.5 Å². The largest absolute Gasteiger partial charge is 0.357 e. The molecular formula is C18H23FN2O. The van der Waals surface area contributed by atoms with E-state index in [1.54, 1.807) is 6.07 Å². The molecule has 2 aromatic rings. The third-order valence-corrected chi connectivity index (χ3v) is 4.81. The average Bonchev–Trinajstić information content (AvgIpc) is 3.08. The lowest BCUT2D eigenvalue weighted by molar-refractivity contribution is -0.125. The first-order valence-corrected chi connectivity index (χ1v) is 7.91. The van der Waals surface area contributed by atoms with Gasteiger partial charge in [-0.3, -0.25) is 4.79 Å². The van der Waals surface area contributed by atoms with Crippen LogP contribution in [0.25, 0.3) is 10.9 Å². The molecule has 0 aliphatic heterocycles. The topological polar surface area (TPSA) is 44.9 Å². The lowest BCUT2D eigenvalue weighted by Crippen LogP contribution is -2.29. The highest BCUT2D eigenvalue weighted by atomic mass is 19.1. The number of benzene rings is 1. The third-order valence-electron chi connectivity index (χ3n) is 4.81. The summed E-state index contributed by atoms with van der Waals surface area (Å²) in [6.45, 7) is 8.35. The van der Waals surface area contributed by atoms with Gasteiger partial charge in [-0.2, -0.15) is 0 Å². The van der Waals surface area contributed by atoms with Crippen LogP contribution in [0.3, 0.4) is 0 Å². The predicted molar refractivity (Wildman–Crippen MR) is 86.3 cm³/mol. The molecule has 22 heavy (non-hydrogen) atoms. The molecule has 1 aliphatic carbocycles. The number of carbonyl (C=O) groups excluding carboxylic acids is 1. The summed E-state index contributed by atoms with van der Waals surface area (Å²) in [5.74, 6) is 0.204. The molecule has 0 radical (unpaired) electrons. The Morgan fingerprint density at radius 1 is 1.41 bits per heavy atom. The number of hydrogen-bond donors (Lipinski definition) is 2. The lowest BCUT2D eigenvalue weighted by atomic mass is 9.96. The molecule has 3 rings (SSSR count). The molecular weight excluding hydrogens is 279 g/mol. The van der Waals surface area contributed by atoms with Gasteiger partial charge in [-0.1, -0.05) is 20.8 Å². The zero-order chi connectivity index (χ0) is 16.1. The zero-order valence-corrected chi connectivity index (χ0v) is 13.6. The highest BCUT2D eigenvalue weighted by Gasteiger charge is 2.44. The number of nitrogens with one attached hydrogen (secondary N) is 2. The molecule has 1 aliphatic rings. The van der Waals surface area contributed by atoms with Gasteiger partial charge in [0.05, 0.1) is 6.54 Å². The molecule has 1 fully saturated rings. The highest BCUT2D eigenvalue weighted by Crippen LogP contribution is 2.45. The normalized spacial score (nSPS) is 16.3. The standard InChI is InChI=1S/C18H23FN2O/c1-10(2)13-8-15-14(16(19)11(13)3)7-12(21-15)9-20-17(22)18(4)5-6-18/h7-8,10,21H,5-6,9H2,1-4H3,(H,20,22). The van der Waals surface area contributed by atoms with Crippen LogP contribution in [-0.4, -0.2) is 10.9 Å². The molecule has 4 heteroatoms. The van der Waals surface area contributed by atoms with Gasteiger partial charge in [0.2, 0.25) is 5.91 Å². The van der Waals surface area contributed by atoms with Crippen LogP contribution in [0, 0.1) is 18.2 Å². The Hall–Kier alpha value is -1.84. The molecule has 1 aromatic heterocycles.